The molecule has 26 nitrogen and oxygen atoms in total. The molecular formula is C106H122Cl2O26Si. The van der Waals surface area contributed by atoms with Gasteiger partial charge in [0.25, 0.3) is 0 Å². The van der Waals surface area contributed by atoms with Crippen molar-refractivity contribution < 1.29 is 126 Å². The molecule has 5 saturated carbocycles. The number of halogens is 2. The van der Waals surface area contributed by atoms with Crippen LogP contribution >= 0.6 is 23.2 Å². The minimum Gasteiger partial charge on any atom is -0.508 e. The molecule has 15 rings (SSSR count). The summed E-state index contributed by atoms with van der Waals surface area (Å²) in [6.07, 6.45) is 45.4. The lowest BCUT2D eigenvalue weighted by Gasteiger charge is -2.38. The number of carbonyl (C=O) groups is 10. The average Bonchev–Trinajstić information content (AvgIpc) is 1.83. The number of rotatable bonds is 4. The normalized spacial score (nSPS) is 28.9. The summed E-state index contributed by atoms with van der Waals surface area (Å²) in [6, 6.07) is 10.3. The molecule has 5 aliphatic heterocycles. The number of benzene rings is 5. The van der Waals surface area contributed by atoms with Crippen LogP contribution in [0.15, 0.2) is 170 Å². The maximum Gasteiger partial charge on any atom is 0.342 e. The van der Waals surface area contributed by atoms with E-state index in [4.69, 9.17) is 60.8 Å². The van der Waals surface area contributed by atoms with Crippen LogP contribution in [0.25, 0.3) is 0 Å². The standard InChI is InChI=1S/C25H36O5Si.C24H28O6.2C19H19ClO5.C19H20O5/c1-16-11-18-12-17(18)9-7-8-10-21(30-31(5,6)25(2,3)4)14-19-13-20(26)15-22(27)23(19)24(28)29-16;1-14-7-5-6-8-18-11-19(18)10-15(2)28-24(27)23-20(9-14)12-21(29-16(3)25)13-22(23)30-17(4)26;1-10-6-12-7-11(12)4-2-3-5-14(21)8-13-9-15(22)17(20)18(23)16(13)19(24)25-10;1-10-6-12-7-11(12)4-2-3-5-13(21)8-14-17(19(24)25-10)15(22)9-16(23)18(14)20;1-11-6-13-7-12(13)4-2-3-5-15(20)8-14-9-16(21)10-17(22)18(14)19(23)24-11/h7-10,13,15-18,21,26-27H,11-12,14H2,1-6H3;5-8,12-15,18-19H,9-11H2,1-4H3;2*2-5,9-12,22-23H,6-8H2,1H3;2-5,9-13,21-22H,6-8H2,1H3/b9-7-,10-8+;7-5+,8-6-;3*4-2-,5-3+/t16-,17+,18+,21?;14?,15-,18+,19+;2*10-,11+,12+;11-,12+,13+/m11111/s1. The van der Waals surface area contributed by atoms with Crippen LogP contribution in [0, 0.1) is 65.1 Å². The van der Waals surface area contributed by atoms with E-state index in [1.54, 1.807) is 38.1 Å². The van der Waals surface area contributed by atoms with Gasteiger partial charge in [-0.2, -0.15) is 0 Å². The molecule has 17 atom stereocenters. The maximum atomic E-state index is 13.1. The Hall–Kier alpha value is -12.0. The second kappa shape index (κ2) is 45.5. The van der Waals surface area contributed by atoms with Crippen molar-refractivity contribution in [3.8, 4) is 57.5 Å². The first kappa shape index (κ1) is 103. The Morgan fingerprint density at radius 2 is 0.719 bits per heavy atom. The summed E-state index contributed by atoms with van der Waals surface area (Å²) >= 11 is 11.9. The van der Waals surface area contributed by atoms with Crippen LogP contribution in [0.5, 0.6) is 57.5 Å². The van der Waals surface area contributed by atoms with Gasteiger partial charge in [-0.15, -0.1) is 0 Å². The third-order valence-corrected chi connectivity index (χ3v) is 30.8. The molecule has 2 unspecified atom stereocenters. The lowest BCUT2D eigenvalue weighted by molar-refractivity contribution is -0.132. The Morgan fingerprint density at radius 3 is 1.15 bits per heavy atom. The molecule has 0 aromatic heterocycles. The molecule has 10 aliphatic rings. The Bertz CT molecular complexity index is 5630. The van der Waals surface area contributed by atoms with Gasteiger partial charge in [-0.3, -0.25) is 24.0 Å². The summed E-state index contributed by atoms with van der Waals surface area (Å²) in [4.78, 5) is 123. The molecule has 0 amide bonds. The topological polar surface area (TPSA) is 406 Å². The summed E-state index contributed by atoms with van der Waals surface area (Å²) in [5.41, 5.74) is 1.54. The molecule has 5 aromatic rings. The molecule has 720 valence electrons. The minimum atomic E-state index is -2.10. The number of fused-ring (bicyclic) bond motifs is 10. The van der Waals surface area contributed by atoms with E-state index in [2.05, 4.69) is 76.4 Å². The fraction of sp³-hybridized carbons (Fsp3) is 0.434. The van der Waals surface area contributed by atoms with Crippen molar-refractivity contribution in [1.29, 1.82) is 0 Å². The van der Waals surface area contributed by atoms with E-state index in [1.165, 1.54) is 62.4 Å². The lowest BCUT2D eigenvalue weighted by Crippen LogP contribution is -2.44. The highest BCUT2D eigenvalue weighted by Crippen LogP contribution is 2.50. The van der Waals surface area contributed by atoms with Gasteiger partial charge >= 0.3 is 41.8 Å². The first-order valence-electron chi connectivity index (χ1n) is 45.9. The number of phenolic OH excluding ortho intramolecular Hbond substituents is 8. The van der Waals surface area contributed by atoms with Crippen molar-refractivity contribution in [3.05, 3.63) is 236 Å². The van der Waals surface area contributed by atoms with Gasteiger partial charge < -0.3 is 78.4 Å². The highest BCUT2D eigenvalue weighted by molar-refractivity contribution is 6.74. The Morgan fingerprint density at radius 1 is 0.370 bits per heavy atom. The van der Waals surface area contributed by atoms with E-state index in [0.717, 1.165) is 76.3 Å². The van der Waals surface area contributed by atoms with Gasteiger partial charge in [0.1, 0.15) is 84.6 Å². The Balaban J connectivity index is 0.000000163. The fourth-order valence-electron chi connectivity index (χ4n) is 17.2. The minimum absolute atomic E-state index is 0.0230. The molecule has 0 saturated heterocycles. The fourth-order valence-corrected chi connectivity index (χ4v) is 18.9. The van der Waals surface area contributed by atoms with Crippen LogP contribution in [0.4, 0.5) is 0 Å². The van der Waals surface area contributed by atoms with Crippen LogP contribution in [0.3, 0.4) is 0 Å². The monoisotopic (exact) mass is 1910 g/mol. The van der Waals surface area contributed by atoms with Gasteiger partial charge in [-0.25, -0.2) is 24.0 Å². The Labute approximate surface area is 797 Å². The zero-order valence-electron chi connectivity index (χ0n) is 78.3. The van der Waals surface area contributed by atoms with E-state index in [9.17, 15) is 88.8 Å². The van der Waals surface area contributed by atoms with Gasteiger partial charge in [-0.1, -0.05) is 154 Å². The van der Waals surface area contributed by atoms with Crippen molar-refractivity contribution in [2.75, 3.05) is 0 Å². The summed E-state index contributed by atoms with van der Waals surface area (Å²) in [5, 5.41) is 79.8. The number of esters is 7. The quantitative estimate of drug-likeness (QED) is 0.0358. The van der Waals surface area contributed by atoms with Gasteiger partial charge in [0.2, 0.25) is 0 Å². The van der Waals surface area contributed by atoms with Gasteiger partial charge in [-0.05, 0) is 253 Å². The van der Waals surface area contributed by atoms with Crippen LogP contribution in [-0.2, 0) is 84.2 Å². The largest absolute Gasteiger partial charge is 0.508 e. The van der Waals surface area contributed by atoms with Crippen molar-refractivity contribution in [2.45, 2.75) is 227 Å². The summed E-state index contributed by atoms with van der Waals surface area (Å²) in [6.45, 7) is 24.7. The SMILES string of the molecule is CC(=O)Oc1cc2c(c(OC(C)=O)c1)C(=O)O[C@H](C)C[C@H]1C[C@@H]1/C=C\C=C\C(C)C2.C[C@@H]1C[C@H]2C[C@@H]2/C=C\C=C\C(=O)Cc2c(Cl)c(O)cc(O)c2C(=O)O1.C[C@@H]1C[C@H]2C[C@@H]2/C=C\C=C\C(=O)Cc2cc(O)c(Cl)c(O)c2C(=O)O1.C[C@@H]1C[C@H]2C[C@@H]2/C=C\C=C\C(=O)Cc2cc(O)cc(O)c2C(=O)O1.C[C@@H]1C[C@H]2C[C@@H]2/C=C\C=C\C(O[Si](C)(C)C(C)(C)C)Cc2cc(O)cc(O)c2C(=O)O1. The van der Waals surface area contributed by atoms with E-state index >= 15 is 0 Å². The van der Waals surface area contributed by atoms with Crippen molar-refractivity contribution in [1.82, 2.24) is 0 Å². The number of hydrogen-bond acceptors (Lipinski definition) is 26. The molecule has 0 spiro atoms. The van der Waals surface area contributed by atoms with Crippen molar-refractivity contribution in [2.24, 2.45) is 65.1 Å². The molecule has 135 heavy (non-hydrogen) atoms. The van der Waals surface area contributed by atoms with Crippen LogP contribution in [0.2, 0.25) is 28.2 Å². The highest BCUT2D eigenvalue weighted by Gasteiger charge is 2.44. The maximum absolute atomic E-state index is 13.1. The zero-order chi connectivity index (χ0) is 98.4. The summed E-state index contributed by atoms with van der Waals surface area (Å²) < 4.78 is 44.9. The number of phenols is 8. The summed E-state index contributed by atoms with van der Waals surface area (Å²) in [5.74, 6) is -2.72. The average molecular weight is 1910 g/mol. The molecule has 8 N–H and O–H groups in total. The van der Waals surface area contributed by atoms with Gasteiger partial charge in [0.05, 0.1) is 41.6 Å². The van der Waals surface area contributed by atoms with E-state index in [0.29, 0.717) is 83.1 Å². The van der Waals surface area contributed by atoms with Crippen LogP contribution < -0.4 is 9.47 Å². The predicted octanol–water partition coefficient (Wildman–Crippen LogP) is 20.2. The lowest BCUT2D eigenvalue weighted by atomic mass is 9.95. The molecule has 0 radical (unpaired) electrons. The first-order valence-corrected chi connectivity index (χ1v) is 49.6. The molecule has 0 bridgehead atoms. The predicted molar refractivity (Wildman–Crippen MR) is 510 cm³/mol. The smallest absolute Gasteiger partial charge is 0.342 e. The van der Waals surface area contributed by atoms with Crippen LogP contribution in [-0.4, -0.2) is 145 Å². The number of allylic oxidation sites excluding steroid dienone is 19. The number of aromatic hydroxyl groups is 8. The second-order valence-corrected chi connectivity index (χ2v) is 43.9. The van der Waals surface area contributed by atoms with Gasteiger partial charge in [0.15, 0.2) is 31.4 Å². The first-order chi connectivity index (χ1) is 63.8. The molecule has 29 heteroatoms. The van der Waals surface area contributed by atoms with Crippen molar-refractivity contribution in [3.63, 3.8) is 0 Å². The third kappa shape index (κ3) is 29.7. The third-order valence-electron chi connectivity index (χ3n) is 25.5. The molecule has 5 fully saturated rings. The summed E-state index contributed by atoms with van der Waals surface area (Å²) in [7, 11) is -2.10. The molecule has 5 aromatic carbocycles. The molecule has 5 aliphatic carbocycles. The number of ether oxygens (including phenoxy) is 7. The number of carbonyl (C=O) groups excluding carboxylic acids is 10. The molecular weight excluding hydrogens is 1790 g/mol. The van der Waals surface area contributed by atoms with E-state index in [-0.39, 0.29) is 173 Å². The van der Waals surface area contributed by atoms with Crippen molar-refractivity contribution >= 4 is 90.7 Å². The number of hydrogen-bond donors (Lipinski definition) is 8. The van der Waals surface area contributed by atoms with Crippen LogP contribution in [0.1, 0.15) is 220 Å². The Kier molecular flexibility index (Phi) is 34.9. The van der Waals surface area contributed by atoms with E-state index in [1.807, 2.05) is 70.2 Å². The van der Waals surface area contributed by atoms with Gasteiger partial charge in [0, 0.05) is 69.4 Å². The number of cyclic esters (lactones) is 5. The second-order valence-electron chi connectivity index (χ2n) is 38.4. The number of ketones is 3. The highest BCUT2D eigenvalue weighted by atomic mass is 35.5. The van der Waals surface area contributed by atoms with E-state index < -0.39 is 73.1 Å². The zero-order valence-corrected chi connectivity index (χ0v) is 80.8. The molecule has 5 heterocycles.